The average Bonchev–Trinajstić information content (AvgIpc) is 2.80. The number of nitrogens with zero attached hydrogens (tertiary/aromatic N) is 1. The number of carbonyl (C=O) groups excluding carboxylic acids is 1. The Morgan fingerprint density at radius 3 is 3.00 bits per heavy atom. The highest BCUT2D eigenvalue weighted by Crippen LogP contribution is 2.25. The zero-order valence-electron chi connectivity index (χ0n) is 10.0. The molecule has 1 fully saturated rings. The minimum Gasteiger partial charge on any atom is -0.506 e. The van der Waals surface area contributed by atoms with Crippen LogP contribution in [0.2, 0.25) is 0 Å². The van der Waals surface area contributed by atoms with Gasteiger partial charge < -0.3 is 15.7 Å². The molecule has 1 aliphatic rings. The molecule has 4 nitrogen and oxygen atoms in total. The third-order valence-electron chi connectivity index (χ3n) is 3.39. The molecule has 0 aromatic heterocycles. The molecule has 2 rings (SSSR count). The van der Waals surface area contributed by atoms with Crippen molar-refractivity contribution >= 4 is 11.6 Å². The first-order valence-electron chi connectivity index (χ1n) is 6.03. The van der Waals surface area contributed by atoms with Crippen LogP contribution in [-0.2, 0) is 0 Å². The highest BCUT2D eigenvalue weighted by Gasteiger charge is 2.28. The molecule has 1 saturated heterocycles. The van der Waals surface area contributed by atoms with E-state index in [2.05, 4.69) is 6.92 Å². The minimum absolute atomic E-state index is 0.00958. The molecule has 0 saturated carbocycles. The molecule has 1 aromatic rings. The molecule has 4 heteroatoms. The second-order valence-electron chi connectivity index (χ2n) is 4.48. The number of phenolic OH excluding ortho intramolecular Hbond substituents is 1. The van der Waals surface area contributed by atoms with Crippen molar-refractivity contribution in [3.8, 4) is 5.75 Å². The average molecular weight is 234 g/mol. The van der Waals surface area contributed by atoms with Gasteiger partial charge in [-0.25, -0.2) is 0 Å². The fourth-order valence-electron chi connectivity index (χ4n) is 2.37. The summed E-state index contributed by atoms with van der Waals surface area (Å²) in [5.74, 6) is -0.0345. The van der Waals surface area contributed by atoms with Crippen molar-refractivity contribution in [1.82, 2.24) is 4.90 Å². The van der Waals surface area contributed by atoms with E-state index in [1.807, 2.05) is 4.90 Å². The zero-order chi connectivity index (χ0) is 12.4. The molecule has 1 unspecified atom stereocenters. The number of rotatable bonds is 2. The van der Waals surface area contributed by atoms with Gasteiger partial charge in [0.05, 0.1) is 5.69 Å². The Morgan fingerprint density at radius 1 is 1.59 bits per heavy atom. The summed E-state index contributed by atoms with van der Waals surface area (Å²) in [4.78, 5) is 14.1. The fourth-order valence-corrected chi connectivity index (χ4v) is 2.37. The molecule has 1 heterocycles. The van der Waals surface area contributed by atoms with Crippen LogP contribution in [0.15, 0.2) is 18.2 Å². The summed E-state index contributed by atoms with van der Waals surface area (Å²) in [7, 11) is 0. The smallest absolute Gasteiger partial charge is 0.254 e. The molecule has 92 valence electrons. The lowest BCUT2D eigenvalue weighted by Crippen LogP contribution is -2.35. The predicted molar refractivity (Wildman–Crippen MR) is 66.9 cm³/mol. The van der Waals surface area contributed by atoms with Gasteiger partial charge in [-0.05, 0) is 37.5 Å². The number of hydrogen-bond donors (Lipinski definition) is 2. The number of hydrogen-bond acceptors (Lipinski definition) is 3. The first-order valence-corrected chi connectivity index (χ1v) is 6.03. The Bertz CT molecular complexity index is 431. The summed E-state index contributed by atoms with van der Waals surface area (Å²) < 4.78 is 0. The first kappa shape index (κ1) is 11.8. The van der Waals surface area contributed by atoms with Gasteiger partial charge in [0.2, 0.25) is 0 Å². The molecule has 17 heavy (non-hydrogen) atoms. The maximum Gasteiger partial charge on any atom is 0.254 e. The summed E-state index contributed by atoms with van der Waals surface area (Å²) in [6.45, 7) is 2.90. The van der Waals surface area contributed by atoms with Gasteiger partial charge in [0.25, 0.3) is 5.91 Å². The van der Waals surface area contributed by atoms with Crippen LogP contribution >= 0.6 is 0 Å². The molecule has 1 aliphatic heterocycles. The standard InChI is InChI=1S/C13H18N2O2/c1-2-10-4-3-7-15(10)13(17)9-5-6-11(14)12(16)8-9/h5-6,8,10,16H,2-4,7,14H2,1H3. The number of anilines is 1. The maximum atomic E-state index is 12.3. The third-order valence-corrected chi connectivity index (χ3v) is 3.39. The van der Waals surface area contributed by atoms with Crippen molar-refractivity contribution in [3.05, 3.63) is 23.8 Å². The van der Waals surface area contributed by atoms with Crippen LogP contribution in [0.3, 0.4) is 0 Å². The van der Waals surface area contributed by atoms with Crippen molar-refractivity contribution in [2.75, 3.05) is 12.3 Å². The summed E-state index contributed by atoms with van der Waals surface area (Å²) in [6.07, 6.45) is 3.11. The molecule has 1 amide bonds. The Morgan fingerprint density at radius 2 is 2.35 bits per heavy atom. The summed E-state index contributed by atoms with van der Waals surface area (Å²) in [6, 6.07) is 5.02. The predicted octanol–water partition coefficient (Wildman–Crippen LogP) is 1.99. The molecular formula is C13H18N2O2. The van der Waals surface area contributed by atoms with Crippen molar-refractivity contribution < 1.29 is 9.90 Å². The van der Waals surface area contributed by atoms with Crippen molar-refractivity contribution in [2.24, 2.45) is 0 Å². The van der Waals surface area contributed by atoms with Gasteiger partial charge in [-0.15, -0.1) is 0 Å². The highest BCUT2D eigenvalue weighted by molar-refractivity contribution is 5.95. The third kappa shape index (κ3) is 2.20. The number of carbonyl (C=O) groups is 1. The lowest BCUT2D eigenvalue weighted by atomic mass is 10.1. The lowest BCUT2D eigenvalue weighted by molar-refractivity contribution is 0.0733. The number of aromatic hydroxyl groups is 1. The van der Waals surface area contributed by atoms with Crippen LogP contribution in [-0.4, -0.2) is 28.5 Å². The van der Waals surface area contributed by atoms with E-state index < -0.39 is 0 Å². The van der Waals surface area contributed by atoms with Gasteiger partial charge >= 0.3 is 0 Å². The quantitative estimate of drug-likeness (QED) is 0.607. The Labute approximate surface area is 101 Å². The van der Waals surface area contributed by atoms with Gasteiger partial charge in [0.15, 0.2) is 0 Å². The molecular weight excluding hydrogens is 216 g/mol. The van der Waals surface area contributed by atoms with Gasteiger partial charge in [0.1, 0.15) is 5.75 Å². The van der Waals surface area contributed by atoms with Crippen LogP contribution in [0.4, 0.5) is 5.69 Å². The van der Waals surface area contributed by atoms with E-state index in [1.54, 1.807) is 12.1 Å². The molecule has 1 aromatic carbocycles. The minimum atomic E-state index is -0.0249. The Hall–Kier alpha value is -1.71. The number of benzene rings is 1. The second-order valence-corrected chi connectivity index (χ2v) is 4.48. The number of phenols is 1. The van der Waals surface area contributed by atoms with Crippen LogP contribution in [0.1, 0.15) is 36.5 Å². The molecule has 0 aliphatic carbocycles. The van der Waals surface area contributed by atoms with Crippen LogP contribution in [0.25, 0.3) is 0 Å². The normalized spacial score (nSPS) is 19.6. The largest absolute Gasteiger partial charge is 0.506 e. The van der Waals surface area contributed by atoms with Gasteiger partial charge in [-0.3, -0.25) is 4.79 Å². The van der Waals surface area contributed by atoms with Crippen molar-refractivity contribution in [1.29, 1.82) is 0 Å². The van der Waals surface area contributed by atoms with Gasteiger partial charge in [-0.1, -0.05) is 6.92 Å². The Balaban J connectivity index is 2.21. The number of amides is 1. The van der Waals surface area contributed by atoms with E-state index in [9.17, 15) is 9.90 Å². The second kappa shape index (κ2) is 4.65. The summed E-state index contributed by atoms with van der Waals surface area (Å²) >= 11 is 0. The molecule has 0 radical (unpaired) electrons. The molecule has 3 N–H and O–H groups in total. The molecule has 1 atom stereocenters. The maximum absolute atomic E-state index is 12.3. The first-order chi connectivity index (χ1) is 8.13. The van der Waals surface area contributed by atoms with Crippen molar-refractivity contribution in [2.45, 2.75) is 32.2 Å². The van der Waals surface area contributed by atoms with Gasteiger partial charge in [-0.2, -0.15) is 0 Å². The van der Waals surface area contributed by atoms with E-state index >= 15 is 0 Å². The molecule has 0 spiro atoms. The lowest BCUT2D eigenvalue weighted by Gasteiger charge is -2.23. The van der Waals surface area contributed by atoms with E-state index in [0.717, 1.165) is 25.8 Å². The zero-order valence-corrected chi connectivity index (χ0v) is 10.0. The van der Waals surface area contributed by atoms with E-state index in [1.165, 1.54) is 6.07 Å². The van der Waals surface area contributed by atoms with Gasteiger partial charge in [0, 0.05) is 18.2 Å². The SMILES string of the molecule is CCC1CCCN1C(=O)c1ccc(N)c(O)c1. The monoisotopic (exact) mass is 234 g/mol. The highest BCUT2D eigenvalue weighted by atomic mass is 16.3. The van der Waals surface area contributed by atoms with E-state index in [0.29, 0.717) is 17.3 Å². The summed E-state index contributed by atoms with van der Waals surface area (Å²) in [5.41, 5.74) is 6.33. The van der Waals surface area contributed by atoms with Crippen LogP contribution < -0.4 is 5.73 Å². The molecule has 0 bridgehead atoms. The Kier molecular flexibility index (Phi) is 3.22. The summed E-state index contributed by atoms with van der Waals surface area (Å²) in [5, 5.41) is 9.52. The van der Waals surface area contributed by atoms with Crippen LogP contribution in [0, 0.1) is 0 Å². The number of likely N-dealkylation sites (tertiary alicyclic amines) is 1. The van der Waals surface area contributed by atoms with Crippen molar-refractivity contribution in [3.63, 3.8) is 0 Å². The topological polar surface area (TPSA) is 66.6 Å². The van der Waals surface area contributed by atoms with E-state index in [4.69, 9.17) is 5.73 Å². The van der Waals surface area contributed by atoms with E-state index in [-0.39, 0.29) is 11.7 Å². The number of nitrogen functional groups attached to an aromatic ring is 1. The fraction of sp³-hybridized carbons (Fsp3) is 0.462. The number of nitrogens with two attached hydrogens (primary N) is 1. The van der Waals surface area contributed by atoms with Crippen LogP contribution in [0.5, 0.6) is 5.75 Å².